The fraction of sp³-hybridized carbons (Fsp3) is 0.647. The van der Waals surface area contributed by atoms with Crippen LogP contribution in [0.5, 0.6) is 0 Å². The summed E-state index contributed by atoms with van der Waals surface area (Å²) in [5.41, 5.74) is 4.20. The van der Waals surface area contributed by atoms with Gasteiger partial charge >= 0.3 is 0 Å². The Kier molecular flexibility index (Phi) is 4.45. The molecule has 3 atom stereocenters. The molecule has 1 fully saturated rings. The van der Waals surface area contributed by atoms with Crippen molar-refractivity contribution >= 4 is 0 Å². The first-order valence-electron chi connectivity index (χ1n) is 7.38. The van der Waals surface area contributed by atoms with E-state index in [0.717, 1.165) is 11.8 Å². The molecule has 1 aromatic rings. The highest BCUT2D eigenvalue weighted by Crippen LogP contribution is 2.31. The molecule has 1 nitrogen and oxygen atoms in total. The first-order chi connectivity index (χ1) is 8.58. The van der Waals surface area contributed by atoms with Crippen LogP contribution >= 0.6 is 0 Å². The van der Waals surface area contributed by atoms with E-state index in [0.29, 0.717) is 6.04 Å². The van der Waals surface area contributed by atoms with Gasteiger partial charge in [0.05, 0.1) is 0 Å². The summed E-state index contributed by atoms with van der Waals surface area (Å²) in [5, 5.41) is 3.72. The number of benzene rings is 1. The van der Waals surface area contributed by atoms with Crippen LogP contribution in [0.4, 0.5) is 0 Å². The fourth-order valence-corrected chi connectivity index (χ4v) is 3.01. The molecule has 1 aliphatic carbocycles. The van der Waals surface area contributed by atoms with Crippen molar-refractivity contribution in [2.75, 3.05) is 6.54 Å². The number of hydrogen-bond acceptors (Lipinski definition) is 1. The normalized spacial score (nSPS) is 25.3. The van der Waals surface area contributed by atoms with Crippen LogP contribution in [0.15, 0.2) is 18.2 Å². The topological polar surface area (TPSA) is 12.0 Å². The van der Waals surface area contributed by atoms with Crippen molar-refractivity contribution in [2.45, 2.75) is 53.0 Å². The maximum Gasteiger partial charge on any atom is 0.0292 e. The van der Waals surface area contributed by atoms with Gasteiger partial charge in [0, 0.05) is 6.04 Å². The summed E-state index contributed by atoms with van der Waals surface area (Å²) in [5.74, 6) is 1.79. The van der Waals surface area contributed by atoms with E-state index in [9.17, 15) is 0 Å². The fourth-order valence-electron chi connectivity index (χ4n) is 3.01. The molecule has 1 saturated carbocycles. The monoisotopic (exact) mass is 245 g/mol. The van der Waals surface area contributed by atoms with E-state index in [2.05, 4.69) is 51.2 Å². The molecule has 1 aromatic carbocycles. The Hall–Kier alpha value is -0.820. The van der Waals surface area contributed by atoms with Gasteiger partial charge in [-0.3, -0.25) is 0 Å². The van der Waals surface area contributed by atoms with E-state index in [1.165, 1.54) is 42.5 Å². The third-order valence-corrected chi connectivity index (χ3v) is 4.76. The van der Waals surface area contributed by atoms with Crippen LogP contribution < -0.4 is 5.32 Å². The number of aryl methyl sites for hydroxylation is 2. The number of rotatable bonds is 4. The molecule has 0 bridgehead atoms. The smallest absolute Gasteiger partial charge is 0.0292 e. The lowest BCUT2D eigenvalue weighted by molar-refractivity contribution is 0.375. The molecule has 0 spiro atoms. The van der Waals surface area contributed by atoms with Gasteiger partial charge in [-0.1, -0.05) is 38.0 Å². The predicted octanol–water partition coefficient (Wildman–Crippen LogP) is 4.39. The SMILES string of the molecule is Cc1ccc(C(C)NCC2CCCC2C)cc1C. The summed E-state index contributed by atoms with van der Waals surface area (Å²) in [6, 6.07) is 7.29. The van der Waals surface area contributed by atoms with Crippen molar-refractivity contribution in [3.05, 3.63) is 34.9 Å². The van der Waals surface area contributed by atoms with Crippen LogP contribution in [0, 0.1) is 25.7 Å². The average Bonchev–Trinajstić information content (AvgIpc) is 2.75. The summed E-state index contributed by atoms with van der Waals surface area (Å²) in [6.07, 6.45) is 4.25. The lowest BCUT2D eigenvalue weighted by Crippen LogP contribution is -2.27. The van der Waals surface area contributed by atoms with Crippen LogP contribution in [0.25, 0.3) is 0 Å². The quantitative estimate of drug-likeness (QED) is 0.829. The van der Waals surface area contributed by atoms with Gasteiger partial charge in [-0.15, -0.1) is 0 Å². The summed E-state index contributed by atoms with van der Waals surface area (Å²) < 4.78 is 0. The molecule has 0 saturated heterocycles. The largest absolute Gasteiger partial charge is 0.310 e. The Morgan fingerprint density at radius 2 is 2.00 bits per heavy atom. The van der Waals surface area contributed by atoms with E-state index < -0.39 is 0 Å². The summed E-state index contributed by atoms with van der Waals surface area (Å²) in [7, 11) is 0. The minimum Gasteiger partial charge on any atom is -0.310 e. The Balaban J connectivity index is 1.90. The molecule has 1 aliphatic rings. The molecule has 1 heteroatoms. The third-order valence-electron chi connectivity index (χ3n) is 4.76. The van der Waals surface area contributed by atoms with E-state index in [1.807, 2.05) is 0 Å². The van der Waals surface area contributed by atoms with Crippen molar-refractivity contribution in [3.8, 4) is 0 Å². The van der Waals surface area contributed by atoms with Crippen LogP contribution in [-0.2, 0) is 0 Å². The molecule has 100 valence electrons. The zero-order valence-electron chi connectivity index (χ0n) is 12.3. The van der Waals surface area contributed by atoms with E-state index >= 15 is 0 Å². The van der Waals surface area contributed by atoms with Gasteiger partial charge in [0.1, 0.15) is 0 Å². The lowest BCUT2D eigenvalue weighted by Gasteiger charge is -2.21. The minimum atomic E-state index is 0.470. The van der Waals surface area contributed by atoms with Gasteiger partial charge in [-0.05, 0) is 62.3 Å². The van der Waals surface area contributed by atoms with Crippen molar-refractivity contribution in [1.82, 2.24) is 5.32 Å². The van der Waals surface area contributed by atoms with E-state index in [-0.39, 0.29) is 0 Å². The molecule has 0 heterocycles. The predicted molar refractivity (Wildman–Crippen MR) is 78.8 cm³/mol. The maximum atomic E-state index is 3.72. The Morgan fingerprint density at radius 1 is 1.22 bits per heavy atom. The third kappa shape index (κ3) is 3.14. The van der Waals surface area contributed by atoms with Gasteiger partial charge in [-0.2, -0.15) is 0 Å². The van der Waals surface area contributed by atoms with Gasteiger partial charge < -0.3 is 5.32 Å². The van der Waals surface area contributed by atoms with Crippen molar-refractivity contribution in [3.63, 3.8) is 0 Å². The number of hydrogen-bond donors (Lipinski definition) is 1. The summed E-state index contributed by atoms with van der Waals surface area (Å²) in [4.78, 5) is 0. The van der Waals surface area contributed by atoms with Gasteiger partial charge in [0.25, 0.3) is 0 Å². The molecule has 3 unspecified atom stereocenters. The molecule has 2 rings (SSSR count). The molecular weight excluding hydrogens is 218 g/mol. The molecule has 0 radical (unpaired) electrons. The molecule has 18 heavy (non-hydrogen) atoms. The average molecular weight is 245 g/mol. The van der Waals surface area contributed by atoms with Crippen LogP contribution in [0.3, 0.4) is 0 Å². The molecule has 0 aromatic heterocycles. The zero-order chi connectivity index (χ0) is 13.1. The van der Waals surface area contributed by atoms with Crippen LogP contribution in [0.2, 0.25) is 0 Å². The first kappa shape index (κ1) is 13.6. The second kappa shape index (κ2) is 5.88. The Labute approximate surface area is 112 Å². The molecule has 1 N–H and O–H groups in total. The minimum absolute atomic E-state index is 0.470. The number of nitrogens with one attached hydrogen (secondary N) is 1. The second-order valence-corrected chi connectivity index (χ2v) is 6.14. The van der Waals surface area contributed by atoms with E-state index in [4.69, 9.17) is 0 Å². The van der Waals surface area contributed by atoms with Crippen LogP contribution in [0.1, 0.15) is 55.8 Å². The van der Waals surface area contributed by atoms with Crippen LogP contribution in [-0.4, -0.2) is 6.54 Å². The van der Waals surface area contributed by atoms with Crippen molar-refractivity contribution in [2.24, 2.45) is 11.8 Å². The maximum absolute atomic E-state index is 3.72. The molecular formula is C17H27N. The van der Waals surface area contributed by atoms with Gasteiger partial charge in [-0.25, -0.2) is 0 Å². The van der Waals surface area contributed by atoms with E-state index in [1.54, 1.807) is 0 Å². The summed E-state index contributed by atoms with van der Waals surface area (Å²) in [6.45, 7) is 10.2. The lowest BCUT2D eigenvalue weighted by atomic mass is 9.97. The standard InChI is InChI=1S/C17H27N/c1-12-8-9-16(10-14(12)3)15(4)18-11-17-7-5-6-13(17)2/h8-10,13,15,17-18H,5-7,11H2,1-4H3. The van der Waals surface area contributed by atoms with Gasteiger partial charge in [0.15, 0.2) is 0 Å². The molecule has 0 aliphatic heterocycles. The van der Waals surface area contributed by atoms with Crippen molar-refractivity contribution < 1.29 is 0 Å². The summed E-state index contributed by atoms with van der Waals surface area (Å²) >= 11 is 0. The molecule has 0 amide bonds. The highest BCUT2D eigenvalue weighted by atomic mass is 14.9. The highest BCUT2D eigenvalue weighted by Gasteiger charge is 2.23. The highest BCUT2D eigenvalue weighted by molar-refractivity contribution is 5.31. The van der Waals surface area contributed by atoms with Gasteiger partial charge in [0.2, 0.25) is 0 Å². The second-order valence-electron chi connectivity index (χ2n) is 6.14. The zero-order valence-corrected chi connectivity index (χ0v) is 12.3. The Morgan fingerprint density at radius 3 is 2.61 bits per heavy atom. The van der Waals surface area contributed by atoms with Crippen molar-refractivity contribution in [1.29, 1.82) is 0 Å². The Bertz CT molecular complexity index is 397. The first-order valence-corrected chi connectivity index (χ1v) is 7.38.